The minimum Gasteiger partial charge on any atom is -0.447 e. The van der Waals surface area contributed by atoms with Crippen molar-refractivity contribution in [2.75, 3.05) is 0 Å². The average Bonchev–Trinajstić information content (AvgIpc) is 3.01. The van der Waals surface area contributed by atoms with Crippen LogP contribution < -0.4 is 21.8 Å². The third kappa shape index (κ3) is 3.72. The molecule has 7 heteroatoms. The van der Waals surface area contributed by atoms with Crippen molar-refractivity contribution in [1.82, 2.24) is 15.0 Å². The summed E-state index contributed by atoms with van der Waals surface area (Å²) in [5.74, 6) is 0.177. The van der Waals surface area contributed by atoms with Crippen molar-refractivity contribution < 1.29 is 8.81 Å². The van der Waals surface area contributed by atoms with Crippen LogP contribution in [-0.4, -0.2) is 15.0 Å². The summed E-state index contributed by atoms with van der Waals surface area (Å²) >= 11 is 0. The van der Waals surface area contributed by atoms with Crippen LogP contribution in [0.25, 0.3) is 12.2 Å². The number of H-pyrrole nitrogens is 2. The zero-order chi connectivity index (χ0) is 18.9. The summed E-state index contributed by atoms with van der Waals surface area (Å²) in [6.45, 7) is 5.86. The second-order valence-corrected chi connectivity index (χ2v) is 6.90. The number of halogens is 1. The fourth-order valence-corrected chi connectivity index (χ4v) is 2.51. The van der Waals surface area contributed by atoms with Gasteiger partial charge in [-0.2, -0.15) is 0 Å². The van der Waals surface area contributed by atoms with Crippen LogP contribution in [0.3, 0.4) is 0 Å². The highest BCUT2D eigenvalue weighted by Crippen LogP contribution is 2.25. The molecule has 0 aliphatic rings. The minimum absolute atomic E-state index is 0.0361. The highest BCUT2D eigenvalue weighted by Gasteiger charge is 2.21. The number of nitrogens with one attached hydrogen (secondary N) is 2. The lowest BCUT2D eigenvalue weighted by atomic mass is 9.92. The van der Waals surface area contributed by atoms with Crippen molar-refractivity contribution in [3.63, 3.8) is 0 Å². The SMILES string of the molecule is CC(C)(C)c1ocnc1C=c1[nH]c(=O)c(=Cc2cccc(F)c2)[nH]c1=O. The first-order chi connectivity index (χ1) is 12.2. The molecule has 134 valence electrons. The van der Waals surface area contributed by atoms with Crippen molar-refractivity contribution in [2.45, 2.75) is 26.2 Å². The van der Waals surface area contributed by atoms with E-state index in [-0.39, 0.29) is 16.1 Å². The Hall–Kier alpha value is -3.22. The van der Waals surface area contributed by atoms with E-state index < -0.39 is 16.9 Å². The van der Waals surface area contributed by atoms with Gasteiger partial charge < -0.3 is 14.4 Å². The summed E-state index contributed by atoms with van der Waals surface area (Å²) in [7, 11) is 0. The van der Waals surface area contributed by atoms with Gasteiger partial charge in [-0.05, 0) is 29.8 Å². The maximum absolute atomic E-state index is 13.3. The van der Waals surface area contributed by atoms with Gasteiger partial charge in [-0.1, -0.05) is 32.9 Å². The van der Waals surface area contributed by atoms with Crippen LogP contribution in [0.2, 0.25) is 0 Å². The third-order valence-corrected chi connectivity index (χ3v) is 3.70. The van der Waals surface area contributed by atoms with Crippen molar-refractivity contribution in [1.29, 1.82) is 0 Å². The van der Waals surface area contributed by atoms with Gasteiger partial charge in [0.05, 0.1) is 0 Å². The van der Waals surface area contributed by atoms with Crippen LogP contribution >= 0.6 is 0 Å². The molecule has 0 fully saturated rings. The van der Waals surface area contributed by atoms with Crippen LogP contribution in [0.5, 0.6) is 0 Å². The van der Waals surface area contributed by atoms with E-state index in [1.54, 1.807) is 6.07 Å². The van der Waals surface area contributed by atoms with Gasteiger partial charge in [-0.15, -0.1) is 0 Å². The van der Waals surface area contributed by atoms with E-state index in [0.29, 0.717) is 17.0 Å². The summed E-state index contributed by atoms with van der Waals surface area (Å²) in [6.07, 6.45) is 4.17. The highest BCUT2D eigenvalue weighted by molar-refractivity contribution is 5.49. The number of aromatic nitrogens is 3. The van der Waals surface area contributed by atoms with Crippen molar-refractivity contribution in [2.24, 2.45) is 0 Å². The fourth-order valence-electron chi connectivity index (χ4n) is 2.51. The molecule has 0 aliphatic carbocycles. The summed E-state index contributed by atoms with van der Waals surface area (Å²) in [4.78, 5) is 33.8. The van der Waals surface area contributed by atoms with Crippen LogP contribution in [-0.2, 0) is 5.41 Å². The van der Waals surface area contributed by atoms with Crippen LogP contribution in [0.1, 0.15) is 37.8 Å². The summed E-state index contributed by atoms with van der Waals surface area (Å²) in [6, 6.07) is 5.72. The lowest BCUT2D eigenvalue weighted by Crippen LogP contribution is -2.46. The number of oxazole rings is 1. The second-order valence-electron chi connectivity index (χ2n) is 6.90. The maximum atomic E-state index is 13.3. The van der Waals surface area contributed by atoms with Gasteiger partial charge in [0.2, 0.25) is 0 Å². The first-order valence-corrected chi connectivity index (χ1v) is 7.99. The molecule has 0 saturated carbocycles. The summed E-state index contributed by atoms with van der Waals surface area (Å²) < 4.78 is 18.7. The zero-order valence-corrected chi connectivity index (χ0v) is 14.6. The second kappa shape index (κ2) is 6.59. The predicted octanol–water partition coefficient (Wildman–Crippen LogP) is 1.15. The molecule has 2 aromatic heterocycles. The maximum Gasteiger partial charge on any atom is 0.272 e. The van der Waals surface area contributed by atoms with Gasteiger partial charge in [-0.3, -0.25) is 9.59 Å². The molecule has 26 heavy (non-hydrogen) atoms. The Morgan fingerprint density at radius 2 is 1.73 bits per heavy atom. The van der Waals surface area contributed by atoms with Crippen LogP contribution in [0.4, 0.5) is 4.39 Å². The van der Waals surface area contributed by atoms with Crippen molar-refractivity contribution in [3.05, 3.63) is 84.9 Å². The predicted molar refractivity (Wildman–Crippen MR) is 95.7 cm³/mol. The molecule has 6 nitrogen and oxygen atoms in total. The molecular formula is C19H18FN3O3. The number of benzene rings is 1. The molecule has 0 atom stereocenters. The molecule has 0 aliphatic heterocycles. The molecular weight excluding hydrogens is 337 g/mol. The van der Waals surface area contributed by atoms with Gasteiger partial charge >= 0.3 is 0 Å². The molecule has 0 radical (unpaired) electrons. The van der Waals surface area contributed by atoms with Gasteiger partial charge in [-0.25, -0.2) is 9.37 Å². The van der Waals surface area contributed by atoms with Gasteiger partial charge in [0.15, 0.2) is 6.39 Å². The molecule has 1 aromatic carbocycles. The normalized spacial score (nSPS) is 13.4. The number of nitrogens with zero attached hydrogens (tertiary/aromatic N) is 1. The van der Waals surface area contributed by atoms with E-state index in [9.17, 15) is 14.0 Å². The topological polar surface area (TPSA) is 91.8 Å². The third-order valence-electron chi connectivity index (χ3n) is 3.70. The fraction of sp³-hybridized carbons (Fsp3) is 0.211. The first-order valence-electron chi connectivity index (χ1n) is 7.99. The average molecular weight is 355 g/mol. The van der Waals surface area contributed by atoms with Crippen molar-refractivity contribution in [3.8, 4) is 0 Å². The number of hydrogen-bond acceptors (Lipinski definition) is 4. The molecule has 0 bridgehead atoms. The Bertz CT molecular complexity index is 1180. The van der Waals surface area contributed by atoms with E-state index in [1.807, 2.05) is 20.8 Å². The Kier molecular flexibility index (Phi) is 4.46. The van der Waals surface area contributed by atoms with Crippen molar-refractivity contribution >= 4 is 12.2 Å². The standard InChI is InChI=1S/C19H18FN3O3/c1-19(2,3)16-13(21-10-26-16)9-15-18(25)22-14(17(24)23-15)8-11-5-4-6-12(20)7-11/h4-10H,1-3H3,(H,22,25)(H,23,24). The van der Waals surface area contributed by atoms with Gasteiger partial charge in [0.1, 0.15) is 28.0 Å². The lowest BCUT2D eigenvalue weighted by molar-refractivity contribution is 0.407. The number of aromatic amines is 2. The van der Waals surface area contributed by atoms with Crippen LogP contribution in [0.15, 0.2) is 44.7 Å². The van der Waals surface area contributed by atoms with E-state index in [0.717, 1.165) is 0 Å². The zero-order valence-electron chi connectivity index (χ0n) is 14.6. The Morgan fingerprint density at radius 3 is 2.35 bits per heavy atom. The van der Waals surface area contributed by atoms with E-state index in [2.05, 4.69) is 15.0 Å². The Balaban J connectivity index is 2.14. The van der Waals surface area contributed by atoms with E-state index >= 15 is 0 Å². The lowest BCUT2D eigenvalue weighted by Gasteiger charge is -2.14. The summed E-state index contributed by atoms with van der Waals surface area (Å²) in [5.41, 5.74) is -0.355. The van der Waals surface area contributed by atoms with Gasteiger partial charge in [0, 0.05) is 5.41 Å². The molecule has 0 spiro atoms. The molecule has 2 N–H and O–H groups in total. The molecule has 0 saturated heterocycles. The molecule has 2 heterocycles. The number of hydrogen-bond donors (Lipinski definition) is 2. The highest BCUT2D eigenvalue weighted by atomic mass is 19.1. The van der Waals surface area contributed by atoms with E-state index in [1.165, 1.54) is 36.7 Å². The smallest absolute Gasteiger partial charge is 0.272 e. The molecule has 0 unspecified atom stereocenters. The minimum atomic E-state index is -0.499. The first kappa shape index (κ1) is 17.6. The molecule has 3 aromatic rings. The van der Waals surface area contributed by atoms with Crippen LogP contribution in [0, 0.1) is 5.82 Å². The number of rotatable bonds is 2. The summed E-state index contributed by atoms with van der Waals surface area (Å²) in [5, 5.41) is 0.0970. The largest absolute Gasteiger partial charge is 0.447 e. The molecule has 3 rings (SSSR count). The van der Waals surface area contributed by atoms with Gasteiger partial charge in [0.25, 0.3) is 11.1 Å². The Morgan fingerprint density at radius 1 is 1.08 bits per heavy atom. The monoisotopic (exact) mass is 355 g/mol. The quantitative estimate of drug-likeness (QED) is 0.721. The Labute approximate surface area is 147 Å². The molecule has 0 amide bonds. The van der Waals surface area contributed by atoms with E-state index in [4.69, 9.17) is 4.42 Å².